The molecule has 39 heavy (non-hydrogen) atoms. The van der Waals surface area contributed by atoms with Crippen molar-refractivity contribution in [1.82, 2.24) is 4.90 Å². The van der Waals surface area contributed by atoms with Crippen molar-refractivity contribution in [2.75, 3.05) is 33.4 Å². The molecular formula is C29H38F3NO5S. The van der Waals surface area contributed by atoms with Crippen molar-refractivity contribution in [3.05, 3.63) is 54.1 Å². The number of sulfone groups is 1. The highest BCUT2D eigenvalue weighted by molar-refractivity contribution is 7.93. The summed E-state index contributed by atoms with van der Waals surface area (Å²) in [6.07, 6.45) is -4.39. The van der Waals surface area contributed by atoms with E-state index in [9.17, 15) is 26.4 Å². The average molecular weight is 570 g/mol. The lowest BCUT2D eigenvalue weighted by atomic mass is 9.95. The van der Waals surface area contributed by atoms with Gasteiger partial charge in [0, 0.05) is 33.2 Å². The first kappa shape index (κ1) is 31.1. The normalized spacial score (nSPS) is 16.7. The molecule has 3 rings (SSSR count). The third-order valence-corrected chi connectivity index (χ3v) is 9.43. The van der Waals surface area contributed by atoms with Gasteiger partial charge in [0.05, 0.1) is 11.5 Å². The van der Waals surface area contributed by atoms with Gasteiger partial charge in [0.25, 0.3) is 0 Å². The molecule has 1 aliphatic heterocycles. The van der Waals surface area contributed by atoms with Crippen LogP contribution in [-0.2, 0) is 30.5 Å². The first-order chi connectivity index (χ1) is 18.2. The molecule has 0 unspecified atom stereocenters. The van der Waals surface area contributed by atoms with E-state index in [0.717, 1.165) is 16.7 Å². The van der Waals surface area contributed by atoms with E-state index < -0.39 is 38.8 Å². The third kappa shape index (κ3) is 8.05. The minimum Gasteiger partial charge on any atom is -0.459 e. The number of piperidine rings is 1. The third-order valence-electron chi connectivity index (χ3n) is 6.94. The van der Waals surface area contributed by atoms with Crippen molar-refractivity contribution in [2.24, 2.45) is 0 Å². The molecule has 1 aliphatic rings. The van der Waals surface area contributed by atoms with Gasteiger partial charge in [-0.2, -0.15) is 13.2 Å². The molecule has 10 heteroatoms. The van der Waals surface area contributed by atoms with E-state index in [2.05, 4.69) is 4.90 Å². The van der Waals surface area contributed by atoms with Crippen molar-refractivity contribution >= 4 is 15.8 Å². The smallest absolute Gasteiger partial charge is 0.389 e. The summed E-state index contributed by atoms with van der Waals surface area (Å²) >= 11 is 0. The highest BCUT2D eigenvalue weighted by atomic mass is 32.2. The minimum atomic E-state index is -4.16. The minimum absolute atomic E-state index is 0.0267. The van der Waals surface area contributed by atoms with Crippen LogP contribution < -0.4 is 0 Å². The number of hydrogen-bond acceptors (Lipinski definition) is 6. The Labute approximate surface area is 229 Å². The Hall–Kier alpha value is -2.43. The monoisotopic (exact) mass is 569 g/mol. The number of methoxy groups -OCH3 is 1. The zero-order valence-corrected chi connectivity index (χ0v) is 23.8. The number of esters is 1. The molecule has 2 aromatic rings. The summed E-state index contributed by atoms with van der Waals surface area (Å²) in [5.74, 6) is -0.730. The Balaban J connectivity index is 1.81. The molecule has 0 saturated carbocycles. The van der Waals surface area contributed by atoms with E-state index in [1.165, 1.54) is 12.1 Å². The Kier molecular flexibility index (Phi) is 9.88. The first-order valence-electron chi connectivity index (χ1n) is 13.1. The Morgan fingerprint density at radius 3 is 1.97 bits per heavy atom. The van der Waals surface area contributed by atoms with Gasteiger partial charge in [-0.25, -0.2) is 8.42 Å². The standard InChI is InChI=1S/C29H38F3NO5S/c1-27(2,3)38-26(34)28(16-18-33(19-17-28)20-21-37-4)39(35,36)25-13-11-24(12-14-25)23-9-7-22(8-10-23)6-5-15-29(30,31)32/h7-14H,5-6,15-21H2,1-4H3. The number of aryl methyl sites for hydroxylation is 1. The van der Waals surface area contributed by atoms with Crippen LogP contribution in [0.2, 0.25) is 0 Å². The highest BCUT2D eigenvalue weighted by Crippen LogP contribution is 2.38. The van der Waals surface area contributed by atoms with Crippen LogP contribution in [0.3, 0.4) is 0 Å². The fourth-order valence-corrected chi connectivity index (χ4v) is 6.65. The number of carbonyl (C=O) groups is 1. The Bertz CT molecular complexity index is 1200. The van der Waals surface area contributed by atoms with Crippen molar-refractivity contribution in [1.29, 1.82) is 0 Å². The van der Waals surface area contributed by atoms with Crippen LogP contribution in [0.1, 0.15) is 52.0 Å². The van der Waals surface area contributed by atoms with Gasteiger partial charge < -0.3 is 14.4 Å². The van der Waals surface area contributed by atoms with Gasteiger partial charge in [-0.1, -0.05) is 36.4 Å². The molecule has 0 radical (unpaired) electrons. The van der Waals surface area contributed by atoms with Crippen LogP contribution in [0.5, 0.6) is 0 Å². The lowest BCUT2D eigenvalue weighted by Gasteiger charge is -2.40. The van der Waals surface area contributed by atoms with Crippen LogP contribution in [-0.4, -0.2) is 69.2 Å². The van der Waals surface area contributed by atoms with Gasteiger partial charge in [0.2, 0.25) is 0 Å². The highest BCUT2D eigenvalue weighted by Gasteiger charge is 2.54. The summed E-state index contributed by atoms with van der Waals surface area (Å²) < 4.78 is 74.3. The van der Waals surface area contributed by atoms with Gasteiger partial charge >= 0.3 is 12.1 Å². The summed E-state index contributed by atoms with van der Waals surface area (Å²) in [5, 5.41) is 0. The van der Waals surface area contributed by atoms with Crippen molar-refractivity contribution in [2.45, 2.75) is 74.3 Å². The van der Waals surface area contributed by atoms with E-state index in [-0.39, 0.29) is 24.2 Å². The van der Waals surface area contributed by atoms with Gasteiger partial charge in [-0.15, -0.1) is 0 Å². The number of rotatable bonds is 10. The van der Waals surface area contributed by atoms with Crippen molar-refractivity contribution < 1.29 is 35.9 Å². The molecule has 0 aliphatic carbocycles. The summed E-state index contributed by atoms with van der Waals surface area (Å²) in [7, 11) is -2.48. The number of ether oxygens (including phenoxy) is 2. The molecule has 1 fully saturated rings. The number of alkyl halides is 3. The lowest BCUT2D eigenvalue weighted by Crippen LogP contribution is -2.56. The van der Waals surface area contributed by atoms with Crippen molar-refractivity contribution in [3.8, 4) is 11.1 Å². The Morgan fingerprint density at radius 1 is 0.949 bits per heavy atom. The largest absolute Gasteiger partial charge is 0.459 e. The molecule has 1 heterocycles. The second-order valence-corrected chi connectivity index (χ2v) is 13.3. The second kappa shape index (κ2) is 12.4. The van der Waals surface area contributed by atoms with Crippen molar-refractivity contribution in [3.63, 3.8) is 0 Å². The number of benzene rings is 2. The van der Waals surface area contributed by atoms with Gasteiger partial charge in [0.15, 0.2) is 14.6 Å². The molecule has 0 aromatic heterocycles. The molecule has 0 amide bonds. The maximum Gasteiger partial charge on any atom is 0.389 e. The molecule has 216 valence electrons. The fourth-order valence-electron chi connectivity index (χ4n) is 4.72. The predicted molar refractivity (Wildman–Crippen MR) is 144 cm³/mol. The SMILES string of the molecule is COCCN1CCC(C(=O)OC(C)(C)C)(S(=O)(=O)c2ccc(-c3ccc(CCCC(F)(F)F)cc3)cc2)CC1. The summed E-state index contributed by atoms with van der Waals surface area (Å²) in [6.45, 7) is 7.17. The molecule has 0 bridgehead atoms. The van der Waals surface area contributed by atoms with E-state index in [4.69, 9.17) is 9.47 Å². The summed E-state index contributed by atoms with van der Waals surface area (Å²) in [5.41, 5.74) is 1.54. The number of halogens is 3. The maximum absolute atomic E-state index is 14.0. The van der Waals surface area contributed by atoms with Gasteiger partial charge in [0.1, 0.15) is 5.60 Å². The number of likely N-dealkylation sites (tertiary alicyclic amines) is 1. The average Bonchev–Trinajstić information content (AvgIpc) is 2.86. The zero-order chi connectivity index (χ0) is 28.9. The molecular weight excluding hydrogens is 531 g/mol. The molecule has 0 spiro atoms. The van der Waals surface area contributed by atoms with Crippen LogP contribution in [0.15, 0.2) is 53.4 Å². The van der Waals surface area contributed by atoms with Crippen LogP contribution >= 0.6 is 0 Å². The molecule has 2 aromatic carbocycles. The number of nitrogens with zero attached hydrogens (tertiary/aromatic N) is 1. The predicted octanol–water partition coefficient (Wildman–Crippen LogP) is 5.84. The van der Waals surface area contributed by atoms with E-state index in [1.807, 2.05) is 12.1 Å². The first-order valence-corrected chi connectivity index (χ1v) is 14.6. The van der Waals surface area contributed by atoms with E-state index >= 15 is 0 Å². The summed E-state index contributed by atoms with van der Waals surface area (Å²) in [4.78, 5) is 15.5. The molecule has 6 nitrogen and oxygen atoms in total. The second-order valence-electron chi connectivity index (χ2n) is 11.0. The van der Waals surface area contributed by atoms with Crippen LogP contribution in [0.25, 0.3) is 11.1 Å². The quantitative estimate of drug-likeness (QED) is 0.335. The van der Waals surface area contributed by atoms with E-state index in [0.29, 0.717) is 32.7 Å². The molecule has 0 N–H and O–H groups in total. The fraction of sp³-hybridized carbons (Fsp3) is 0.552. The lowest BCUT2D eigenvalue weighted by molar-refractivity contribution is -0.159. The number of hydrogen-bond donors (Lipinski definition) is 0. The molecule has 1 saturated heterocycles. The van der Waals surface area contributed by atoms with E-state index in [1.54, 1.807) is 52.1 Å². The summed E-state index contributed by atoms with van der Waals surface area (Å²) in [6, 6.07) is 13.6. The van der Waals surface area contributed by atoms with Gasteiger partial charge in [-0.05, 0) is 75.3 Å². The van der Waals surface area contributed by atoms with Gasteiger partial charge in [-0.3, -0.25) is 4.79 Å². The van der Waals surface area contributed by atoms with Crippen LogP contribution in [0.4, 0.5) is 13.2 Å². The van der Waals surface area contributed by atoms with Crippen LogP contribution in [0, 0.1) is 0 Å². The maximum atomic E-state index is 14.0. The Morgan fingerprint density at radius 2 is 1.49 bits per heavy atom. The molecule has 0 atom stereocenters. The zero-order valence-electron chi connectivity index (χ0n) is 23.0. The number of carbonyl (C=O) groups excluding carboxylic acids is 1. The topological polar surface area (TPSA) is 72.9 Å².